The highest BCUT2D eigenvalue weighted by atomic mass is 16.1. The Kier molecular flexibility index (Phi) is 1.31. The molecule has 0 fully saturated rings. The van der Waals surface area contributed by atoms with Crippen LogP contribution in [-0.4, -0.2) is 9.97 Å². The van der Waals surface area contributed by atoms with E-state index in [1.165, 1.54) is 0 Å². The molecule has 2 N–H and O–H groups in total. The molecule has 0 bridgehead atoms. The SMILES string of the molecule is O=c1ccc2c(ccc3[nH]ccc32)[nH]1. The molecule has 14 heavy (non-hydrogen) atoms. The zero-order chi connectivity index (χ0) is 9.54. The van der Waals surface area contributed by atoms with Crippen LogP contribution in [0.25, 0.3) is 21.8 Å². The summed E-state index contributed by atoms with van der Waals surface area (Å²) in [6, 6.07) is 9.29. The number of nitrogens with one attached hydrogen (secondary N) is 2. The van der Waals surface area contributed by atoms with E-state index in [0.717, 1.165) is 21.8 Å². The van der Waals surface area contributed by atoms with Crippen LogP contribution in [0.3, 0.4) is 0 Å². The van der Waals surface area contributed by atoms with Crippen molar-refractivity contribution in [2.45, 2.75) is 0 Å². The number of benzene rings is 1. The molecule has 0 atom stereocenters. The van der Waals surface area contributed by atoms with Gasteiger partial charge in [0.15, 0.2) is 0 Å². The van der Waals surface area contributed by atoms with Crippen LogP contribution in [0.4, 0.5) is 0 Å². The second-order valence-corrected chi connectivity index (χ2v) is 3.29. The van der Waals surface area contributed by atoms with Crippen LogP contribution < -0.4 is 5.56 Å². The van der Waals surface area contributed by atoms with Gasteiger partial charge < -0.3 is 9.97 Å². The predicted molar refractivity (Wildman–Crippen MR) is 56.4 cm³/mol. The number of aromatic nitrogens is 2. The standard InChI is InChI=1S/C11H8N2O/c14-11-4-1-7-8-5-6-12-9(8)2-3-10(7)13-11/h1-6,12H,(H,13,14). The average molecular weight is 184 g/mol. The molecule has 2 aromatic heterocycles. The van der Waals surface area contributed by atoms with Gasteiger partial charge in [-0.15, -0.1) is 0 Å². The Bertz CT molecular complexity index is 663. The molecule has 0 amide bonds. The van der Waals surface area contributed by atoms with Crippen molar-refractivity contribution in [2.75, 3.05) is 0 Å². The van der Waals surface area contributed by atoms with Crippen LogP contribution in [0.2, 0.25) is 0 Å². The van der Waals surface area contributed by atoms with Gasteiger partial charge in [-0.2, -0.15) is 0 Å². The van der Waals surface area contributed by atoms with Crippen LogP contribution in [0.5, 0.6) is 0 Å². The fourth-order valence-electron chi connectivity index (χ4n) is 1.78. The first-order chi connectivity index (χ1) is 6.84. The average Bonchev–Trinajstić information content (AvgIpc) is 2.65. The zero-order valence-corrected chi connectivity index (χ0v) is 7.37. The van der Waals surface area contributed by atoms with Crippen molar-refractivity contribution >= 4 is 21.8 Å². The van der Waals surface area contributed by atoms with Gasteiger partial charge in [0.25, 0.3) is 0 Å². The Hall–Kier alpha value is -2.03. The molecule has 0 aliphatic carbocycles. The topological polar surface area (TPSA) is 48.6 Å². The number of hydrogen-bond donors (Lipinski definition) is 2. The molecule has 68 valence electrons. The van der Waals surface area contributed by atoms with Gasteiger partial charge >= 0.3 is 0 Å². The van der Waals surface area contributed by atoms with E-state index in [1.807, 2.05) is 30.5 Å². The summed E-state index contributed by atoms with van der Waals surface area (Å²) in [6.45, 7) is 0. The normalized spacial score (nSPS) is 11.1. The lowest BCUT2D eigenvalue weighted by Crippen LogP contribution is -2.01. The molecule has 0 unspecified atom stereocenters. The highest BCUT2D eigenvalue weighted by Crippen LogP contribution is 2.21. The Morgan fingerprint density at radius 1 is 0.857 bits per heavy atom. The minimum Gasteiger partial charge on any atom is -0.361 e. The maximum Gasteiger partial charge on any atom is 0.248 e. The number of hydrogen-bond acceptors (Lipinski definition) is 1. The molecule has 2 heterocycles. The molecule has 0 saturated carbocycles. The highest BCUT2D eigenvalue weighted by Gasteiger charge is 2.00. The van der Waals surface area contributed by atoms with Crippen molar-refractivity contribution in [1.82, 2.24) is 9.97 Å². The van der Waals surface area contributed by atoms with Crippen molar-refractivity contribution in [2.24, 2.45) is 0 Å². The smallest absolute Gasteiger partial charge is 0.248 e. The van der Waals surface area contributed by atoms with Gasteiger partial charge in [-0.05, 0) is 24.3 Å². The fraction of sp³-hybridized carbons (Fsp3) is 0. The molecule has 0 aliphatic rings. The summed E-state index contributed by atoms with van der Waals surface area (Å²) in [7, 11) is 0. The molecule has 3 heteroatoms. The molecule has 0 radical (unpaired) electrons. The summed E-state index contributed by atoms with van der Waals surface area (Å²) in [4.78, 5) is 17.0. The monoisotopic (exact) mass is 184 g/mol. The van der Waals surface area contributed by atoms with Crippen molar-refractivity contribution in [1.29, 1.82) is 0 Å². The van der Waals surface area contributed by atoms with Gasteiger partial charge in [-0.3, -0.25) is 4.79 Å². The lowest BCUT2D eigenvalue weighted by molar-refractivity contribution is 1.31. The van der Waals surface area contributed by atoms with E-state index in [-0.39, 0.29) is 5.56 Å². The van der Waals surface area contributed by atoms with Gasteiger partial charge in [-0.25, -0.2) is 0 Å². The molecule has 0 saturated heterocycles. The minimum atomic E-state index is -0.0626. The Morgan fingerprint density at radius 2 is 1.64 bits per heavy atom. The molecule has 3 nitrogen and oxygen atoms in total. The Morgan fingerprint density at radius 3 is 2.57 bits per heavy atom. The summed E-state index contributed by atoms with van der Waals surface area (Å²) in [6.07, 6.45) is 1.90. The van der Waals surface area contributed by atoms with E-state index < -0.39 is 0 Å². The molecular weight excluding hydrogens is 176 g/mol. The lowest BCUT2D eigenvalue weighted by atomic mass is 10.1. The first-order valence-electron chi connectivity index (χ1n) is 4.44. The van der Waals surface area contributed by atoms with Gasteiger partial charge in [0.05, 0.1) is 0 Å². The van der Waals surface area contributed by atoms with E-state index in [1.54, 1.807) is 6.07 Å². The van der Waals surface area contributed by atoms with Crippen molar-refractivity contribution in [3.63, 3.8) is 0 Å². The number of aromatic amines is 2. The molecule has 0 aliphatic heterocycles. The molecule has 0 spiro atoms. The first kappa shape index (κ1) is 7.38. The van der Waals surface area contributed by atoms with Crippen LogP contribution >= 0.6 is 0 Å². The van der Waals surface area contributed by atoms with Gasteiger partial charge in [0.2, 0.25) is 5.56 Å². The Balaban J connectivity index is 2.63. The lowest BCUT2D eigenvalue weighted by Gasteiger charge is -1.97. The van der Waals surface area contributed by atoms with Crippen LogP contribution in [0.1, 0.15) is 0 Å². The second-order valence-electron chi connectivity index (χ2n) is 3.29. The molecule has 3 aromatic rings. The third-order valence-electron chi connectivity index (χ3n) is 2.44. The summed E-state index contributed by atoms with van der Waals surface area (Å²) in [5.41, 5.74) is 1.90. The zero-order valence-electron chi connectivity index (χ0n) is 7.37. The number of H-pyrrole nitrogens is 2. The quantitative estimate of drug-likeness (QED) is 0.551. The van der Waals surface area contributed by atoms with E-state index >= 15 is 0 Å². The predicted octanol–water partition coefficient (Wildman–Crippen LogP) is 2.01. The van der Waals surface area contributed by atoms with E-state index in [9.17, 15) is 4.79 Å². The van der Waals surface area contributed by atoms with Crippen LogP contribution in [0, 0.1) is 0 Å². The number of pyridine rings is 1. The second kappa shape index (κ2) is 2.48. The third kappa shape index (κ3) is 0.893. The van der Waals surface area contributed by atoms with E-state index in [0.29, 0.717) is 0 Å². The summed E-state index contributed by atoms with van der Waals surface area (Å²) in [5, 5.41) is 2.21. The van der Waals surface area contributed by atoms with Gasteiger partial charge in [0.1, 0.15) is 0 Å². The minimum absolute atomic E-state index is 0.0626. The van der Waals surface area contributed by atoms with E-state index in [4.69, 9.17) is 0 Å². The summed E-state index contributed by atoms with van der Waals surface area (Å²) < 4.78 is 0. The van der Waals surface area contributed by atoms with Crippen molar-refractivity contribution in [3.8, 4) is 0 Å². The fourth-order valence-corrected chi connectivity index (χ4v) is 1.78. The maximum atomic E-state index is 11.1. The number of fused-ring (bicyclic) bond motifs is 3. The summed E-state index contributed by atoms with van der Waals surface area (Å²) >= 11 is 0. The molecular formula is C11H8N2O. The maximum absolute atomic E-state index is 11.1. The van der Waals surface area contributed by atoms with Crippen LogP contribution in [0.15, 0.2) is 41.3 Å². The third-order valence-corrected chi connectivity index (χ3v) is 2.44. The van der Waals surface area contributed by atoms with Crippen molar-refractivity contribution in [3.05, 3.63) is 46.9 Å². The molecule has 3 rings (SSSR count). The van der Waals surface area contributed by atoms with Gasteiger partial charge in [0, 0.05) is 34.1 Å². The largest absolute Gasteiger partial charge is 0.361 e. The molecule has 1 aromatic carbocycles. The van der Waals surface area contributed by atoms with Crippen molar-refractivity contribution < 1.29 is 0 Å². The number of rotatable bonds is 0. The Labute approximate surface area is 79.4 Å². The highest BCUT2D eigenvalue weighted by molar-refractivity contribution is 6.04. The van der Waals surface area contributed by atoms with Gasteiger partial charge in [-0.1, -0.05) is 0 Å². The van der Waals surface area contributed by atoms with E-state index in [2.05, 4.69) is 9.97 Å². The van der Waals surface area contributed by atoms with Crippen LogP contribution in [-0.2, 0) is 0 Å². The first-order valence-corrected chi connectivity index (χ1v) is 4.44. The summed E-state index contributed by atoms with van der Waals surface area (Å²) in [5.74, 6) is 0.